The summed E-state index contributed by atoms with van der Waals surface area (Å²) >= 11 is 1.03. The monoisotopic (exact) mass is 247 g/mol. The maximum Gasteiger partial charge on any atom is 0.416 e. The Bertz CT molecular complexity index is 306. The summed E-state index contributed by atoms with van der Waals surface area (Å²) in [7, 11) is 0. The molecule has 6 nitrogen and oxygen atoms in total. The van der Waals surface area contributed by atoms with Crippen molar-refractivity contribution in [2.75, 3.05) is 18.9 Å². The van der Waals surface area contributed by atoms with Gasteiger partial charge in [0.15, 0.2) is 0 Å². The van der Waals surface area contributed by atoms with Gasteiger partial charge in [0, 0.05) is 0 Å². The maximum absolute atomic E-state index is 11.5. The summed E-state index contributed by atoms with van der Waals surface area (Å²) in [6.45, 7) is 2.20. The number of thioether (sulfide) groups is 1. The van der Waals surface area contributed by atoms with Crippen molar-refractivity contribution < 1.29 is 24.2 Å². The summed E-state index contributed by atoms with van der Waals surface area (Å²) in [5.74, 6) is -1.35. The second-order valence-electron chi connectivity index (χ2n) is 3.21. The van der Waals surface area contributed by atoms with Crippen LogP contribution in [0.2, 0.25) is 0 Å². The summed E-state index contributed by atoms with van der Waals surface area (Å²) in [6.07, 6.45) is -0.202. The topological polar surface area (TPSA) is 83.9 Å². The van der Waals surface area contributed by atoms with Crippen molar-refractivity contribution in [3.05, 3.63) is 0 Å². The van der Waals surface area contributed by atoms with E-state index in [1.807, 2.05) is 0 Å². The molecular weight excluding hydrogens is 234 g/mol. The van der Waals surface area contributed by atoms with Gasteiger partial charge in [-0.25, -0.2) is 9.69 Å². The van der Waals surface area contributed by atoms with Crippen molar-refractivity contribution in [3.63, 3.8) is 0 Å². The lowest BCUT2D eigenvalue weighted by Crippen LogP contribution is -2.34. The highest BCUT2D eigenvalue weighted by Crippen LogP contribution is 2.16. The van der Waals surface area contributed by atoms with Gasteiger partial charge >= 0.3 is 12.1 Å². The molecule has 0 bridgehead atoms. The Balaban J connectivity index is 2.40. The molecule has 0 aromatic rings. The third-order valence-electron chi connectivity index (χ3n) is 2.12. The van der Waals surface area contributed by atoms with E-state index in [4.69, 9.17) is 5.11 Å². The molecule has 1 rings (SSSR count). The number of hydrogen-bond acceptors (Lipinski definition) is 5. The molecule has 0 aromatic heterocycles. The molecule has 1 fully saturated rings. The Morgan fingerprint density at radius 3 is 2.75 bits per heavy atom. The fourth-order valence-corrected chi connectivity index (χ4v) is 2.11. The van der Waals surface area contributed by atoms with Crippen LogP contribution in [0.15, 0.2) is 0 Å². The summed E-state index contributed by atoms with van der Waals surface area (Å²) < 4.78 is 4.61. The van der Waals surface area contributed by atoms with Gasteiger partial charge in [-0.3, -0.25) is 9.59 Å². The van der Waals surface area contributed by atoms with E-state index in [1.165, 1.54) is 0 Å². The molecule has 1 N–H and O–H groups in total. The molecule has 1 saturated heterocycles. The van der Waals surface area contributed by atoms with Gasteiger partial charge in [0.25, 0.3) is 0 Å². The second kappa shape index (κ2) is 5.74. The Hall–Kier alpha value is -1.24. The predicted octanol–water partition coefficient (Wildman–Crippen LogP) is 0.562. The van der Waals surface area contributed by atoms with E-state index in [2.05, 4.69) is 4.74 Å². The van der Waals surface area contributed by atoms with Gasteiger partial charge in [-0.2, -0.15) is 0 Å². The first-order chi connectivity index (χ1) is 7.56. The quantitative estimate of drug-likeness (QED) is 0.764. The minimum atomic E-state index is -0.940. The van der Waals surface area contributed by atoms with Gasteiger partial charge in [-0.1, -0.05) is 6.92 Å². The molecule has 0 radical (unpaired) electrons. The van der Waals surface area contributed by atoms with Crippen LogP contribution in [0.1, 0.15) is 13.3 Å². The lowest BCUT2D eigenvalue weighted by molar-refractivity contribution is -0.136. The zero-order valence-corrected chi connectivity index (χ0v) is 9.66. The first kappa shape index (κ1) is 12.8. The average Bonchev–Trinajstić information content (AvgIpc) is 2.64. The number of amides is 2. The molecule has 1 unspecified atom stereocenters. The lowest BCUT2D eigenvalue weighted by atomic mass is 10.3. The molecule has 16 heavy (non-hydrogen) atoms. The third kappa shape index (κ3) is 3.13. The van der Waals surface area contributed by atoms with Crippen LogP contribution in [-0.2, 0) is 14.3 Å². The third-order valence-corrected chi connectivity index (χ3v) is 3.47. The molecule has 90 valence electrons. The molecule has 0 spiro atoms. The Morgan fingerprint density at radius 1 is 1.62 bits per heavy atom. The Kier molecular flexibility index (Phi) is 4.60. The number of nitrogens with zero attached hydrogens (tertiary/aromatic N) is 1. The molecule has 0 aliphatic carbocycles. The normalized spacial score (nSPS) is 17.1. The fraction of sp³-hybridized carbons (Fsp3) is 0.667. The van der Waals surface area contributed by atoms with Crippen LogP contribution in [0.25, 0.3) is 0 Å². The van der Waals surface area contributed by atoms with E-state index in [-0.39, 0.29) is 18.9 Å². The molecule has 7 heteroatoms. The molecule has 0 saturated carbocycles. The summed E-state index contributed by atoms with van der Waals surface area (Å²) in [5.41, 5.74) is 0. The number of ether oxygens (including phenoxy) is 1. The van der Waals surface area contributed by atoms with Crippen LogP contribution < -0.4 is 0 Å². The average molecular weight is 247 g/mol. The van der Waals surface area contributed by atoms with Gasteiger partial charge in [0.1, 0.15) is 11.9 Å². The van der Waals surface area contributed by atoms with E-state index >= 15 is 0 Å². The number of carboxylic acid groups (broad SMARTS) is 1. The summed E-state index contributed by atoms with van der Waals surface area (Å²) in [6, 6.07) is 0. The van der Waals surface area contributed by atoms with E-state index < -0.39 is 23.2 Å². The largest absolute Gasteiger partial charge is 0.480 e. The smallest absolute Gasteiger partial charge is 0.416 e. The van der Waals surface area contributed by atoms with Crippen LogP contribution in [0.4, 0.5) is 4.79 Å². The summed E-state index contributed by atoms with van der Waals surface area (Å²) in [5, 5.41) is 8.16. The molecule has 0 aromatic carbocycles. The Labute approximate surface area is 96.9 Å². The van der Waals surface area contributed by atoms with Gasteiger partial charge in [-0.15, -0.1) is 11.8 Å². The van der Waals surface area contributed by atoms with Gasteiger partial charge < -0.3 is 9.84 Å². The number of imide groups is 1. The number of cyclic esters (lactones) is 1. The van der Waals surface area contributed by atoms with E-state index in [1.54, 1.807) is 6.92 Å². The zero-order chi connectivity index (χ0) is 12.1. The minimum Gasteiger partial charge on any atom is -0.480 e. The number of hydrogen-bond donors (Lipinski definition) is 1. The molecule has 1 aliphatic rings. The van der Waals surface area contributed by atoms with Crippen LogP contribution in [0, 0.1) is 0 Å². The number of aliphatic carboxylic acids is 1. The van der Waals surface area contributed by atoms with Crippen LogP contribution >= 0.6 is 11.8 Å². The van der Waals surface area contributed by atoms with Crippen LogP contribution in [0.3, 0.4) is 0 Å². The maximum atomic E-state index is 11.5. The van der Waals surface area contributed by atoms with E-state index in [0.29, 0.717) is 6.42 Å². The number of carbonyl (C=O) groups is 3. The van der Waals surface area contributed by atoms with Crippen molar-refractivity contribution in [2.24, 2.45) is 0 Å². The van der Waals surface area contributed by atoms with Crippen LogP contribution in [-0.4, -0.2) is 52.1 Å². The van der Waals surface area contributed by atoms with Crippen molar-refractivity contribution in [1.82, 2.24) is 4.90 Å². The fourth-order valence-electron chi connectivity index (χ4n) is 1.23. The number of carbonyl (C=O) groups excluding carboxylic acids is 2. The number of rotatable bonds is 5. The molecule has 1 atom stereocenters. The van der Waals surface area contributed by atoms with Gasteiger partial charge in [0.05, 0.1) is 12.3 Å². The van der Waals surface area contributed by atoms with Gasteiger partial charge in [-0.05, 0) is 6.42 Å². The van der Waals surface area contributed by atoms with Crippen molar-refractivity contribution in [3.8, 4) is 0 Å². The molecule has 1 heterocycles. The van der Waals surface area contributed by atoms with Gasteiger partial charge in [0.2, 0.25) is 5.91 Å². The molecule has 1 aliphatic heterocycles. The standard InChI is InChI=1S/C9H13NO5S/c1-2-6(8(12)13)16-5-7(11)10-3-4-15-9(10)14/h6H,2-5H2,1H3,(H,12,13). The first-order valence-electron chi connectivity index (χ1n) is 4.87. The highest BCUT2D eigenvalue weighted by atomic mass is 32.2. The molecular formula is C9H13NO5S. The zero-order valence-electron chi connectivity index (χ0n) is 8.84. The Morgan fingerprint density at radius 2 is 2.31 bits per heavy atom. The first-order valence-corrected chi connectivity index (χ1v) is 5.92. The predicted molar refractivity (Wildman–Crippen MR) is 57.2 cm³/mol. The second-order valence-corrected chi connectivity index (χ2v) is 4.40. The summed E-state index contributed by atoms with van der Waals surface area (Å²) in [4.78, 5) is 34.2. The van der Waals surface area contributed by atoms with E-state index in [9.17, 15) is 14.4 Å². The highest BCUT2D eigenvalue weighted by molar-refractivity contribution is 8.01. The molecule has 2 amide bonds. The van der Waals surface area contributed by atoms with Crippen molar-refractivity contribution >= 4 is 29.7 Å². The highest BCUT2D eigenvalue weighted by Gasteiger charge is 2.29. The number of carboxylic acids is 1. The minimum absolute atomic E-state index is 0.0140. The lowest BCUT2D eigenvalue weighted by Gasteiger charge is -2.12. The van der Waals surface area contributed by atoms with Crippen molar-refractivity contribution in [1.29, 1.82) is 0 Å². The van der Waals surface area contributed by atoms with Crippen molar-refractivity contribution in [2.45, 2.75) is 18.6 Å². The van der Waals surface area contributed by atoms with E-state index in [0.717, 1.165) is 16.7 Å². The SMILES string of the molecule is CCC(SCC(=O)N1CCOC1=O)C(=O)O. The van der Waals surface area contributed by atoms with Crippen LogP contribution in [0.5, 0.6) is 0 Å².